The summed E-state index contributed by atoms with van der Waals surface area (Å²) >= 11 is 0. The van der Waals surface area contributed by atoms with Crippen LogP contribution in [0.3, 0.4) is 0 Å². The molecule has 0 unspecified atom stereocenters. The fourth-order valence-electron chi connectivity index (χ4n) is 3.29. The molecule has 6 heteroatoms. The summed E-state index contributed by atoms with van der Waals surface area (Å²) in [6.07, 6.45) is 3.67. The van der Waals surface area contributed by atoms with E-state index in [0.717, 1.165) is 27.6 Å². The highest BCUT2D eigenvalue weighted by Crippen LogP contribution is 2.29. The van der Waals surface area contributed by atoms with Crippen LogP contribution in [0.1, 0.15) is 5.56 Å². The Morgan fingerprint density at radius 2 is 1.81 bits per heavy atom. The third kappa shape index (κ3) is 2.58. The van der Waals surface area contributed by atoms with Crippen LogP contribution in [0.4, 0.5) is 0 Å². The monoisotopic (exact) mass is 353 g/mol. The molecule has 0 bridgehead atoms. The summed E-state index contributed by atoms with van der Waals surface area (Å²) in [6, 6.07) is 15.4. The maximum Gasteiger partial charge on any atom is 0.259 e. The highest BCUT2D eigenvalue weighted by Gasteiger charge is 2.13. The number of rotatable bonds is 2. The number of nitrogens with one attached hydrogen (secondary N) is 2. The number of aryl methyl sites for hydroxylation is 1. The summed E-state index contributed by atoms with van der Waals surface area (Å²) in [7, 11) is 0. The second kappa shape index (κ2) is 5.88. The average Bonchev–Trinajstić information content (AvgIpc) is 3.11. The van der Waals surface area contributed by atoms with E-state index in [4.69, 9.17) is 0 Å². The van der Waals surface area contributed by atoms with E-state index in [-0.39, 0.29) is 5.56 Å². The zero-order valence-electron chi connectivity index (χ0n) is 14.5. The van der Waals surface area contributed by atoms with Crippen LogP contribution in [0.2, 0.25) is 0 Å². The second-order valence-electron chi connectivity index (χ2n) is 6.52. The van der Waals surface area contributed by atoms with Crippen molar-refractivity contribution in [1.29, 1.82) is 0 Å². The smallest absolute Gasteiger partial charge is 0.259 e. The molecule has 0 saturated carbocycles. The summed E-state index contributed by atoms with van der Waals surface area (Å²) in [5.74, 6) is 0.449. The van der Waals surface area contributed by atoms with Crippen molar-refractivity contribution in [3.05, 3.63) is 76.8 Å². The number of pyridine rings is 1. The Balaban J connectivity index is 1.72. The maximum absolute atomic E-state index is 12.4. The van der Waals surface area contributed by atoms with Gasteiger partial charge in [-0.1, -0.05) is 18.2 Å². The van der Waals surface area contributed by atoms with Crippen LogP contribution < -0.4 is 5.56 Å². The molecule has 5 aromatic rings. The van der Waals surface area contributed by atoms with E-state index in [2.05, 4.69) is 31.2 Å². The molecule has 3 aromatic heterocycles. The number of H-pyrrole nitrogens is 2. The molecule has 3 heterocycles. The Bertz CT molecular complexity index is 1370. The van der Waals surface area contributed by atoms with E-state index in [1.165, 1.54) is 0 Å². The minimum absolute atomic E-state index is 0.175. The van der Waals surface area contributed by atoms with Gasteiger partial charge in [0.1, 0.15) is 5.69 Å². The Hall–Kier alpha value is -3.80. The van der Waals surface area contributed by atoms with Crippen molar-refractivity contribution in [2.45, 2.75) is 6.92 Å². The van der Waals surface area contributed by atoms with Crippen LogP contribution in [0.15, 0.2) is 65.7 Å². The van der Waals surface area contributed by atoms with Crippen molar-refractivity contribution in [2.75, 3.05) is 0 Å². The molecule has 0 atom stereocenters. The van der Waals surface area contributed by atoms with Crippen LogP contribution >= 0.6 is 0 Å². The van der Waals surface area contributed by atoms with Gasteiger partial charge >= 0.3 is 0 Å². The lowest BCUT2D eigenvalue weighted by atomic mass is 10.0. The van der Waals surface area contributed by atoms with Gasteiger partial charge < -0.3 is 4.98 Å². The maximum atomic E-state index is 12.4. The van der Waals surface area contributed by atoms with Gasteiger partial charge in [0.25, 0.3) is 5.56 Å². The largest absolute Gasteiger partial charge is 0.305 e. The fourth-order valence-corrected chi connectivity index (χ4v) is 3.29. The number of fused-ring (bicyclic) bond motifs is 2. The van der Waals surface area contributed by atoms with Crippen LogP contribution in [0, 0.1) is 6.92 Å². The molecule has 0 aliphatic rings. The average molecular weight is 353 g/mol. The lowest BCUT2D eigenvalue weighted by Gasteiger charge is -2.04. The molecule has 0 radical (unpaired) electrons. The molecule has 2 aromatic carbocycles. The molecule has 0 aliphatic carbocycles. The summed E-state index contributed by atoms with van der Waals surface area (Å²) in [5.41, 5.74) is 5.13. The number of aromatic nitrogens is 5. The summed E-state index contributed by atoms with van der Waals surface area (Å²) in [6.45, 7) is 2.02. The molecule has 27 heavy (non-hydrogen) atoms. The number of aromatic amines is 2. The Morgan fingerprint density at radius 3 is 2.70 bits per heavy atom. The molecule has 6 nitrogen and oxygen atoms in total. The number of benzene rings is 2. The first-order chi connectivity index (χ1) is 13.2. The van der Waals surface area contributed by atoms with Crippen molar-refractivity contribution in [3.8, 4) is 22.6 Å². The van der Waals surface area contributed by atoms with E-state index in [1.54, 1.807) is 6.07 Å². The van der Waals surface area contributed by atoms with Crippen molar-refractivity contribution in [1.82, 2.24) is 25.1 Å². The third-order valence-electron chi connectivity index (χ3n) is 4.61. The highest BCUT2D eigenvalue weighted by atomic mass is 16.1. The first-order valence-corrected chi connectivity index (χ1v) is 8.59. The topological polar surface area (TPSA) is 87.3 Å². The highest BCUT2D eigenvalue weighted by molar-refractivity contribution is 5.95. The zero-order valence-corrected chi connectivity index (χ0v) is 14.5. The first kappa shape index (κ1) is 15.5. The number of hydrogen-bond acceptors (Lipinski definition) is 4. The van der Waals surface area contributed by atoms with Crippen molar-refractivity contribution < 1.29 is 0 Å². The van der Waals surface area contributed by atoms with Crippen LogP contribution in [-0.4, -0.2) is 25.1 Å². The van der Waals surface area contributed by atoms with Crippen molar-refractivity contribution in [2.24, 2.45) is 0 Å². The number of hydrogen-bond donors (Lipinski definition) is 2. The molecular formula is C21H15N5O. The molecule has 0 aliphatic heterocycles. The molecule has 2 N–H and O–H groups in total. The van der Waals surface area contributed by atoms with Crippen LogP contribution in [0.25, 0.3) is 44.5 Å². The van der Waals surface area contributed by atoms with Crippen molar-refractivity contribution >= 4 is 21.8 Å². The molecule has 0 fully saturated rings. The van der Waals surface area contributed by atoms with Crippen molar-refractivity contribution in [3.63, 3.8) is 0 Å². The lowest BCUT2D eigenvalue weighted by molar-refractivity contribution is 1.08. The van der Waals surface area contributed by atoms with Gasteiger partial charge in [-0.05, 0) is 48.4 Å². The van der Waals surface area contributed by atoms with Gasteiger partial charge in [0.2, 0.25) is 0 Å². The summed E-state index contributed by atoms with van der Waals surface area (Å²) in [5, 5.41) is 8.87. The molecule has 0 amide bonds. The van der Waals surface area contributed by atoms with Gasteiger partial charge in [-0.2, -0.15) is 5.10 Å². The van der Waals surface area contributed by atoms with Gasteiger partial charge in [0.05, 0.1) is 16.4 Å². The predicted octanol–water partition coefficient (Wildman–Crippen LogP) is 3.84. The van der Waals surface area contributed by atoms with Gasteiger partial charge in [-0.25, -0.2) is 4.98 Å². The van der Waals surface area contributed by atoms with Gasteiger partial charge in [-0.3, -0.25) is 14.9 Å². The van der Waals surface area contributed by atoms with Crippen LogP contribution in [0.5, 0.6) is 0 Å². The zero-order chi connectivity index (χ0) is 18.4. The van der Waals surface area contributed by atoms with E-state index >= 15 is 0 Å². The minimum Gasteiger partial charge on any atom is -0.305 e. The Morgan fingerprint density at radius 1 is 0.926 bits per heavy atom. The number of nitrogens with zero attached hydrogens (tertiary/aromatic N) is 3. The van der Waals surface area contributed by atoms with E-state index in [0.29, 0.717) is 22.4 Å². The van der Waals surface area contributed by atoms with Gasteiger partial charge in [-0.15, -0.1) is 0 Å². The van der Waals surface area contributed by atoms with E-state index in [9.17, 15) is 4.79 Å². The van der Waals surface area contributed by atoms with Crippen LogP contribution in [-0.2, 0) is 0 Å². The number of para-hydroxylation sites is 1. The second-order valence-corrected chi connectivity index (χ2v) is 6.52. The van der Waals surface area contributed by atoms with Gasteiger partial charge in [0, 0.05) is 23.3 Å². The fraction of sp³-hybridized carbons (Fsp3) is 0.0476. The third-order valence-corrected chi connectivity index (χ3v) is 4.61. The molecule has 0 saturated heterocycles. The minimum atomic E-state index is -0.175. The molecule has 5 rings (SSSR count). The molecule has 130 valence electrons. The Labute approximate surface area is 153 Å². The van der Waals surface area contributed by atoms with E-state index < -0.39 is 0 Å². The molecule has 0 spiro atoms. The Kier molecular flexibility index (Phi) is 3.36. The molecular weight excluding hydrogens is 338 g/mol. The predicted molar refractivity (Wildman–Crippen MR) is 105 cm³/mol. The quantitative estimate of drug-likeness (QED) is 0.505. The van der Waals surface area contributed by atoms with Gasteiger partial charge in [0.15, 0.2) is 5.82 Å². The normalized spacial score (nSPS) is 11.3. The standard InChI is InChI=1S/C21H15N5O/c1-12-8-14(11-22-10-12)13-6-7-18-16(9-13)19(26-25-18)20-23-17-5-3-2-4-15(17)21(27)24-20/h2-11H,1H3,(H,25,26)(H,23,24,27). The SMILES string of the molecule is Cc1cncc(-c2ccc3[nH]nc(-c4nc5ccccc5c(=O)[nH]4)c3c2)c1. The van der Waals surface area contributed by atoms with E-state index in [1.807, 2.05) is 55.7 Å². The summed E-state index contributed by atoms with van der Waals surface area (Å²) in [4.78, 5) is 24.1. The lowest BCUT2D eigenvalue weighted by Crippen LogP contribution is -2.09. The first-order valence-electron chi connectivity index (χ1n) is 8.59. The summed E-state index contributed by atoms with van der Waals surface area (Å²) < 4.78 is 0.